The molecular formula is C22H21NO3. The molecule has 0 spiro atoms. The fourth-order valence-corrected chi connectivity index (χ4v) is 3.91. The van der Waals surface area contributed by atoms with Crippen molar-refractivity contribution in [3.05, 3.63) is 76.9 Å². The lowest BCUT2D eigenvalue weighted by atomic mass is 9.89. The molecule has 132 valence electrons. The first-order valence-electron chi connectivity index (χ1n) is 8.93. The summed E-state index contributed by atoms with van der Waals surface area (Å²) in [5, 5.41) is 0. The number of para-hydroxylation sites is 1. The van der Waals surface area contributed by atoms with Gasteiger partial charge in [0.1, 0.15) is 0 Å². The predicted molar refractivity (Wildman–Crippen MR) is 101 cm³/mol. The zero-order chi connectivity index (χ0) is 18.1. The van der Waals surface area contributed by atoms with E-state index in [-0.39, 0.29) is 17.6 Å². The highest BCUT2D eigenvalue weighted by Crippen LogP contribution is 2.35. The van der Waals surface area contributed by atoms with Crippen LogP contribution in [0.15, 0.2) is 65.7 Å². The van der Waals surface area contributed by atoms with E-state index >= 15 is 0 Å². The van der Waals surface area contributed by atoms with Gasteiger partial charge >= 0.3 is 0 Å². The number of ether oxygens (including phenoxy) is 1. The van der Waals surface area contributed by atoms with E-state index in [0.29, 0.717) is 42.9 Å². The molecular weight excluding hydrogens is 326 g/mol. The third kappa shape index (κ3) is 2.86. The third-order valence-electron chi connectivity index (χ3n) is 5.16. The van der Waals surface area contributed by atoms with Crippen LogP contribution in [0.3, 0.4) is 0 Å². The first kappa shape index (κ1) is 16.7. The third-order valence-corrected chi connectivity index (χ3v) is 5.16. The molecule has 0 saturated carbocycles. The van der Waals surface area contributed by atoms with Crippen molar-refractivity contribution in [2.24, 2.45) is 0 Å². The first-order valence-corrected chi connectivity index (χ1v) is 8.93. The lowest BCUT2D eigenvalue weighted by Gasteiger charge is -2.38. The average molecular weight is 347 g/mol. The molecule has 2 aromatic rings. The quantitative estimate of drug-likeness (QED) is 0.800. The van der Waals surface area contributed by atoms with Gasteiger partial charge in [0.25, 0.3) is 0 Å². The number of fused-ring (bicyclic) bond motifs is 3. The standard InChI is InChI=1S/C22H21NO3/c1-15(24)18-13-17-9-5-6-10-19(17)23-11-12-26-14-20(23)21(18)22(25)16-7-3-2-4-8-16/h2-10,20H,11-14H2,1H3. The summed E-state index contributed by atoms with van der Waals surface area (Å²) >= 11 is 0. The number of ketones is 2. The molecule has 1 saturated heterocycles. The number of benzene rings is 2. The van der Waals surface area contributed by atoms with Crippen LogP contribution >= 0.6 is 0 Å². The molecule has 0 amide bonds. The molecule has 2 aliphatic rings. The maximum Gasteiger partial charge on any atom is 0.191 e. The summed E-state index contributed by atoms with van der Waals surface area (Å²) < 4.78 is 5.71. The Morgan fingerprint density at radius 1 is 1.04 bits per heavy atom. The van der Waals surface area contributed by atoms with Gasteiger partial charge in [-0.2, -0.15) is 0 Å². The topological polar surface area (TPSA) is 46.6 Å². The molecule has 4 heteroatoms. The van der Waals surface area contributed by atoms with Gasteiger partial charge < -0.3 is 9.64 Å². The molecule has 2 aromatic carbocycles. The van der Waals surface area contributed by atoms with Gasteiger partial charge in [-0.3, -0.25) is 9.59 Å². The number of hydrogen-bond donors (Lipinski definition) is 0. The minimum atomic E-state index is -0.237. The fourth-order valence-electron chi connectivity index (χ4n) is 3.91. The maximum atomic E-state index is 13.4. The van der Waals surface area contributed by atoms with Crippen LogP contribution in [0, 0.1) is 0 Å². The summed E-state index contributed by atoms with van der Waals surface area (Å²) in [5.74, 6) is -0.129. The Morgan fingerprint density at radius 2 is 1.77 bits per heavy atom. The largest absolute Gasteiger partial charge is 0.377 e. The zero-order valence-electron chi connectivity index (χ0n) is 14.8. The van der Waals surface area contributed by atoms with Crippen LogP contribution in [0.25, 0.3) is 0 Å². The number of nitrogens with zero attached hydrogens (tertiary/aromatic N) is 1. The Hall–Kier alpha value is -2.72. The van der Waals surface area contributed by atoms with Crippen molar-refractivity contribution in [3.63, 3.8) is 0 Å². The Bertz CT molecular complexity index is 885. The minimum Gasteiger partial charge on any atom is -0.377 e. The van der Waals surface area contributed by atoms with Gasteiger partial charge in [0.2, 0.25) is 0 Å². The van der Waals surface area contributed by atoms with Crippen LogP contribution in [0.4, 0.5) is 5.69 Å². The van der Waals surface area contributed by atoms with Crippen molar-refractivity contribution in [2.75, 3.05) is 24.7 Å². The van der Waals surface area contributed by atoms with E-state index < -0.39 is 0 Å². The maximum absolute atomic E-state index is 13.4. The monoisotopic (exact) mass is 347 g/mol. The zero-order valence-corrected chi connectivity index (χ0v) is 14.8. The second-order valence-electron chi connectivity index (χ2n) is 6.73. The van der Waals surface area contributed by atoms with Crippen molar-refractivity contribution in [1.82, 2.24) is 0 Å². The molecule has 0 aliphatic carbocycles. The second-order valence-corrected chi connectivity index (χ2v) is 6.73. The molecule has 2 heterocycles. The van der Waals surface area contributed by atoms with E-state index in [1.165, 1.54) is 0 Å². The van der Waals surface area contributed by atoms with Gasteiger partial charge in [-0.1, -0.05) is 48.5 Å². The number of hydrogen-bond acceptors (Lipinski definition) is 4. The smallest absolute Gasteiger partial charge is 0.191 e. The minimum absolute atomic E-state index is 0.0495. The summed E-state index contributed by atoms with van der Waals surface area (Å²) in [6, 6.07) is 17.1. The number of Topliss-reactive ketones (excluding diaryl/α,β-unsaturated/α-hetero) is 2. The Labute approximate surface area is 153 Å². The van der Waals surface area contributed by atoms with Crippen LogP contribution in [0.2, 0.25) is 0 Å². The number of anilines is 1. The van der Waals surface area contributed by atoms with E-state index in [1.54, 1.807) is 19.1 Å². The van der Waals surface area contributed by atoms with Crippen molar-refractivity contribution < 1.29 is 14.3 Å². The molecule has 0 aromatic heterocycles. The molecule has 0 N–H and O–H groups in total. The van der Waals surface area contributed by atoms with Crippen LogP contribution in [0.5, 0.6) is 0 Å². The normalized spacial score (nSPS) is 19.4. The molecule has 4 nitrogen and oxygen atoms in total. The van der Waals surface area contributed by atoms with Gasteiger partial charge in [-0.05, 0) is 18.6 Å². The number of morpholine rings is 1. The van der Waals surface area contributed by atoms with Crippen molar-refractivity contribution >= 4 is 17.3 Å². The SMILES string of the molecule is CC(=O)C1=C(C(=O)c2ccccc2)C2COCCN2c2ccccc2C1. The molecule has 0 bridgehead atoms. The van der Waals surface area contributed by atoms with E-state index in [9.17, 15) is 9.59 Å². The van der Waals surface area contributed by atoms with Crippen molar-refractivity contribution in [1.29, 1.82) is 0 Å². The summed E-state index contributed by atoms with van der Waals surface area (Å²) in [6.07, 6.45) is 0.479. The summed E-state index contributed by atoms with van der Waals surface area (Å²) in [7, 11) is 0. The second kappa shape index (κ2) is 6.89. The van der Waals surface area contributed by atoms with Gasteiger partial charge in [0, 0.05) is 35.4 Å². The molecule has 1 fully saturated rings. The van der Waals surface area contributed by atoms with Crippen LogP contribution in [0.1, 0.15) is 22.8 Å². The van der Waals surface area contributed by atoms with Gasteiger partial charge in [-0.25, -0.2) is 0 Å². The lowest BCUT2D eigenvalue weighted by Crippen LogP contribution is -2.48. The highest BCUT2D eigenvalue weighted by atomic mass is 16.5. The molecule has 2 aliphatic heterocycles. The average Bonchev–Trinajstić information content (AvgIpc) is 2.83. The van der Waals surface area contributed by atoms with Gasteiger partial charge in [-0.15, -0.1) is 0 Å². The van der Waals surface area contributed by atoms with Crippen molar-refractivity contribution in [3.8, 4) is 0 Å². The summed E-state index contributed by atoms with van der Waals surface area (Å²) in [5.41, 5.74) is 3.97. The van der Waals surface area contributed by atoms with E-state index in [2.05, 4.69) is 11.0 Å². The lowest BCUT2D eigenvalue weighted by molar-refractivity contribution is -0.113. The van der Waals surface area contributed by atoms with Crippen molar-refractivity contribution in [2.45, 2.75) is 19.4 Å². The van der Waals surface area contributed by atoms with E-state index in [0.717, 1.165) is 11.3 Å². The fraction of sp³-hybridized carbons (Fsp3) is 0.273. The Kier molecular flexibility index (Phi) is 4.43. The van der Waals surface area contributed by atoms with Gasteiger partial charge in [0.05, 0.1) is 19.3 Å². The van der Waals surface area contributed by atoms with E-state index in [1.807, 2.05) is 36.4 Å². The van der Waals surface area contributed by atoms with Crippen LogP contribution in [-0.4, -0.2) is 37.4 Å². The Balaban J connectivity index is 1.91. The predicted octanol–water partition coefficient (Wildman–Crippen LogP) is 3.22. The first-order chi connectivity index (χ1) is 12.7. The van der Waals surface area contributed by atoms with Crippen LogP contribution in [-0.2, 0) is 16.0 Å². The number of rotatable bonds is 3. The molecule has 0 radical (unpaired) electrons. The highest BCUT2D eigenvalue weighted by molar-refractivity contribution is 6.15. The Morgan fingerprint density at radius 3 is 2.54 bits per heavy atom. The van der Waals surface area contributed by atoms with Crippen LogP contribution < -0.4 is 4.90 Å². The number of allylic oxidation sites excluding steroid dienone is 1. The molecule has 26 heavy (non-hydrogen) atoms. The highest BCUT2D eigenvalue weighted by Gasteiger charge is 2.37. The summed E-state index contributed by atoms with van der Waals surface area (Å²) in [6.45, 7) is 3.29. The van der Waals surface area contributed by atoms with Gasteiger partial charge in [0.15, 0.2) is 11.6 Å². The molecule has 1 atom stereocenters. The molecule has 4 rings (SSSR count). The number of carbonyl (C=O) groups excluding carboxylic acids is 2. The van der Waals surface area contributed by atoms with E-state index in [4.69, 9.17) is 4.74 Å². The summed E-state index contributed by atoms with van der Waals surface area (Å²) in [4.78, 5) is 28.1. The number of carbonyl (C=O) groups is 2. The molecule has 1 unspecified atom stereocenters.